The van der Waals surface area contributed by atoms with Crippen molar-refractivity contribution in [2.24, 2.45) is 0 Å². The summed E-state index contributed by atoms with van der Waals surface area (Å²) in [5.74, 6) is -0.447. The highest BCUT2D eigenvalue weighted by atomic mass is 35.5. The van der Waals surface area contributed by atoms with Crippen LogP contribution in [0, 0.1) is 0 Å². The molecule has 0 atom stereocenters. The van der Waals surface area contributed by atoms with Crippen LogP contribution in [0.15, 0.2) is 0 Å². The van der Waals surface area contributed by atoms with Gasteiger partial charge in [-0.2, -0.15) is 0 Å². The van der Waals surface area contributed by atoms with Gasteiger partial charge in [0.15, 0.2) is 15.2 Å². The van der Waals surface area contributed by atoms with E-state index in [1.807, 2.05) is 0 Å². The van der Waals surface area contributed by atoms with E-state index in [0.29, 0.717) is 10.0 Å². The molecule has 1 rings (SSSR count). The molecular formula is C12H20ClN3O2S. The van der Waals surface area contributed by atoms with Crippen LogP contribution in [0.2, 0.25) is 5.15 Å². The number of ether oxygens (including phenoxy) is 1. The van der Waals surface area contributed by atoms with E-state index in [0.717, 1.165) is 32.6 Å². The number of nitrogens with zero attached hydrogens (tertiary/aromatic N) is 2. The van der Waals surface area contributed by atoms with Crippen molar-refractivity contribution in [2.45, 2.75) is 20.3 Å². The number of carbonyl (C=O) groups excluding carboxylic acids is 1. The van der Waals surface area contributed by atoms with Crippen LogP contribution in [0.1, 0.15) is 29.9 Å². The minimum atomic E-state index is -0.447. The van der Waals surface area contributed by atoms with Crippen molar-refractivity contribution >= 4 is 34.0 Å². The van der Waals surface area contributed by atoms with Gasteiger partial charge in [-0.25, -0.2) is 9.78 Å². The van der Waals surface area contributed by atoms with Crippen molar-refractivity contribution in [3.8, 4) is 0 Å². The first-order valence-electron chi connectivity index (χ1n) is 6.33. The Bertz CT molecular complexity index is 412. The molecule has 0 fully saturated rings. The highest BCUT2D eigenvalue weighted by Gasteiger charge is 2.17. The number of nitrogens with one attached hydrogen (secondary N) is 1. The second-order valence-corrected chi connectivity index (χ2v) is 5.35. The predicted molar refractivity (Wildman–Crippen MR) is 79.4 cm³/mol. The van der Waals surface area contributed by atoms with Crippen molar-refractivity contribution in [2.75, 3.05) is 38.6 Å². The number of hydrogen-bond donors (Lipinski definition) is 1. The first-order chi connectivity index (χ1) is 9.12. The van der Waals surface area contributed by atoms with E-state index >= 15 is 0 Å². The molecule has 0 aliphatic rings. The second kappa shape index (κ2) is 8.35. The number of rotatable bonds is 8. The fourth-order valence-corrected chi connectivity index (χ4v) is 2.79. The first kappa shape index (κ1) is 16.2. The molecule has 0 amide bonds. The lowest BCUT2D eigenvalue weighted by atomic mass is 10.4. The van der Waals surface area contributed by atoms with E-state index in [1.165, 1.54) is 18.4 Å². The van der Waals surface area contributed by atoms with Gasteiger partial charge in [0.05, 0.1) is 7.11 Å². The zero-order valence-electron chi connectivity index (χ0n) is 11.5. The Hall–Kier alpha value is -0.850. The van der Waals surface area contributed by atoms with Gasteiger partial charge in [0.2, 0.25) is 0 Å². The van der Waals surface area contributed by atoms with E-state index < -0.39 is 5.97 Å². The van der Waals surface area contributed by atoms with Gasteiger partial charge < -0.3 is 15.0 Å². The lowest BCUT2D eigenvalue weighted by Gasteiger charge is -2.19. The third kappa shape index (κ3) is 4.97. The lowest BCUT2D eigenvalue weighted by Crippen LogP contribution is -2.29. The number of hydrogen-bond acceptors (Lipinski definition) is 6. The summed E-state index contributed by atoms with van der Waals surface area (Å²) >= 11 is 7.10. The fourth-order valence-electron chi connectivity index (χ4n) is 1.66. The molecule has 1 N–H and O–H groups in total. The molecule has 0 saturated carbocycles. The Morgan fingerprint density at radius 1 is 1.47 bits per heavy atom. The van der Waals surface area contributed by atoms with Crippen molar-refractivity contribution in [3.63, 3.8) is 0 Å². The maximum Gasteiger partial charge on any atom is 0.351 e. The summed E-state index contributed by atoms with van der Waals surface area (Å²) in [5.41, 5.74) is 0. The minimum Gasteiger partial charge on any atom is -0.465 e. The van der Waals surface area contributed by atoms with E-state index in [9.17, 15) is 4.79 Å². The molecule has 0 saturated heterocycles. The molecule has 108 valence electrons. The average Bonchev–Trinajstić information content (AvgIpc) is 2.78. The van der Waals surface area contributed by atoms with Crippen molar-refractivity contribution < 1.29 is 9.53 Å². The summed E-state index contributed by atoms with van der Waals surface area (Å²) in [6.45, 7) is 8.14. The number of anilines is 1. The van der Waals surface area contributed by atoms with E-state index in [2.05, 4.69) is 33.8 Å². The third-order valence-electron chi connectivity index (χ3n) is 2.65. The molecule has 1 aromatic heterocycles. The Balaban J connectivity index is 2.47. The molecule has 0 bridgehead atoms. The molecular weight excluding hydrogens is 286 g/mol. The minimum absolute atomic E-state index is 0.195. The summed E-state index contributed by atoms with van der Waals surface area (Å²) in [6, 6.07) is 0. The highest BCUT2D eigenvalue weighted by Crippen LogP contribution is 2.27. The Morgan fingerprint density at radius 3 is 2.79 bits per heavy atom. The number of aromatic nitrogens is 1. The predicted octanol–water partition coefficient (Wildman–Crippen LogP) is 2.73. The maximum atomic E-state index is 11.4. The molecule has 0 aliphatic carbocycles. The quantitative estimate of drug-likeness (QED) is 0.748. The van der Waals surface area contributed by atoms with Crippen molar-refractivity contribution in [1.82, 2.24) is 9.88 Å². The van der Waals surface area contributed by atoms with Crippen molar-refractivity contribution in [1.29, 1.82) is 0 Å². The van der Waals surface area contributed by atoms with E-state index in [1.54, 1.807) is 0 Å². The highest BCUT2D eigenvalue weighted by molar-refractivity contribution is 7.18. The van der Waals surface area contributed by atoms with Crippen LogP contribution in [0.3, 0.4) is 0 Å². The number of likely N-dealkylation sites (N-methyl/N-ethyl adjacent to an activating group) is 1. The van der Waals surface area contributed by atoms with Crippen LogP contribution in [0.4, 0.5) is 5.13 Å². The SMILES string of the molecule is CCCN(CC)CCNc1nc(Cl)c(C(=O)OC)s1. The lowest BCUT2D eigenvalue weighted by molar-refractivity contribution is 0.0606. The van der Waals surface area contributed by atoms with E-state index in [-0.39, 0.29) is 5.15 Å². The average molecular weight is 306 g/mol. The summed E-state index contributed by atoms with van der Waals surface area (Å²) in [4.78, 5) is 18.2. The summed E-state index contributed by atoms with van der Waals surface area (Å²) in [7, 11) is 1.33. The molecule has 19 heavy (non-hydrogen) atoms. The number of methoxy groups -OCH3 is 1. The van der Waals surface area contributed by atoms with Crippen LogP contribution >= 0.6 is 22.9 Å². The standard InChI is InChI=1S/C12H20ClN3O2S/c1-4-7-16(5-2)8-6-14-12-15-10(13)9(19-12)11(17)18-3/h4-8H2,1-3H3,(H,14,15). The summed E-state index contributed by atoms with van der Waals surface area (Å²) in [5, 5.41) is 4.03. The molecule has 5 nitrogen and oxygen atoms in total. The molecule has 1 aromatic rings. The van der Waals surface area contributed by atoms with Crippen LogP contribution in [-0.4, -0.2) is 49.1 Å². The van der Waals surface area contributed by atoms with Crippen LogP contribution < -0.4 is 5.32 Å². The zero-order valence-corrected chi connectivity index (χ0v) is 13.1. The third-order valence-corrected chi connectivity index (χ3v) is 4.03. The van der Waals surface area contributed by atoms with Gasteiger partial charge in [-0.3, -0.25) is 0 Å². The molecule has 1 heterocycles. The van der Waals surface area contributed by atoms with Crippen LogP contribution in [0.5, 0.6) is 0 Å². The number of esters is 1. The van der Waals surface area contributed by atoms with Crippen LogP contribution in [0.25, 0.3) is 0 Å². The van der Waals surface area contributed by atoms with Gasteiger partial charge in [-0.15, -0.1) is 0 Å². The molecule has 7 heteroatoms. The topological polar surface area (TPSA) is 54.5 Å². The molecule has 0 aromatic carbocycles. The molecule has 0 aliphatic heterocycles. The fraction of sp³-hybridized carbons (Fsp3) is 0.667. The van der Waals surface area contributed by atoms with Gasteiger partial charge >= 0.3 is 5.97 Å². The summed E-state index contributed by atoms with van der Waals surface area (Å²) in [6.07, 6.45) is 1.14. The zero-order chi connectivity index (χ0) is 14.3. The first-order valence-corrected chi connectivity index (χ1v) is 7.52. The van der Waals surface area contributed by atoms with Crippen molar-refractivity contribution in [3.05, 3.63) is 10.0 Å². The largest absolute Gasteiger partial charge is 0.465 e. The Morgan fingerprint density at radius 2 is 2.21 bits per heavy atom. The Kier molecular flexibility index (Phi) is 7.12. The monoisotopic (exact) mass is 305 g/mol. The maximum absolute atomic E-state index is 11.4. The van der Waals surface area contributed by atoms with Gasteiger partial charge in [0.1, 0.15) is 0 Å². The summed E-state index contributed by atoms with van der Waals surface area (Å²) < 4.78 is 4.63. The molecule has 0 radical (unpaired) electrons. The normalized spacial score (nSPS) is 10.8. The van der Waals surface area contributed by atoms with Gasteiger partial charge in [-0.05, 0) is 19.5 Å². The van der Waals surface area contributed by atoms with Gasteiger partial charge in [-0.1, -0.05) is 36.8 Å². The number of halogens is 1. The van der Waals surface area contributed by atoms with E-state index in [4.69, 9.17) is 11.6 Å². The number of carbonyl (C=O) groups is 1. The molecule has 0 unspecified atom stereocenters. The number of thiazole rings is 1. The van der Waals surface area contributed by atoms with Gasteiger partial charge in [0.25, 0.3) is 0 Å². The smallest absolute Gasteiger partial charge is 0.351 e. The Labute approximate surface area is 122 Å². The van der Waals surface area contributed by atoms with Crippen LogP contribution in [-0.2, 0) is 4.74 Å². The second-order valence-electron chi connectivity index (χ2n) is 3.99. The molecule has 0 spiro atoms. The van der Waals surface area contributed by atoms with Gasteiger partial charge in [0, 0.05) is 13.1 Å².